The Bertz CT molecular complexity index is 471. The Morgan fingerprint density at radius 2 is 1.85 bits per heavy atom. The highest BCUT2D eigenvalue weighted by Crippen LogP contribution is 2.20. The van der Waals surface area contributed by atoms with Crippen molar-refractivity contribution < 1.29 is 14.3 Å². The molecule has 0 aliphatic heterocycles. The second-order valence-electron chi connectivity index (χ2n) is 4.35. The average molecular weight is 407 g/mol. The zero-order valence-electron chi connectivity index (χ0n) is 11.4. The number of unbranched alkanes of at least 4 members (excludes halogenated alkanes) is 1. The van der Waals surface area contributed by atoms with Crippen molar-refractivity contribution in [3.8, 4) is 0 Å². The summed E-state index contributed by atoms with van der Waals surface area (Å²) in [5.74, 6) is -0.709. The van der Waals surface area contributed by atoms with Crippen LogP contribution in [0.3, 0.4) is 0 Å². The summed E-state index contributed by atoms with van der Waals surface area (Å²) in [6.45, 7) is 2.03. The number of hydrogen-bond acceptors (Lipinski definition) is 3. The summed E-state index contributed by atoms with van der Waals surface area (Å²) < 4.78 is 6.31. The molecular formula is C14H17Br2NO3. The molecule has 0 aliphatic carbocycles. The van der Waals surface area contributed by atoms with Gasteiger partial charge in [0.05, 0.1) is 7.11 Å². The number of halogens is 2. The number of ether oxygens (including phenoxy) is 1. The first-order chi connectivity index (χ1) is 9.47. The van der Waals surface area contributed by atoms with E-state index in [9.17, 15) is 9.59 Å². The van der Waals surface area contributed by atoms with Crippen LogP contribution in [0.4, 0.5) is 0 Å². The fourth-order valence-corrected chi connectivity index (χ4v) is 3.02. The van der Waals surface area contributed by atoms with Gasteiger partial charge in [0.15, 0.2) is 0 Å². The predicted octanol–water partition coefficient (Wildman–Crippen LogP) is 3.67. The van der Waals surface area contributed by atoms with Gasteiger partial charge in [-0.05, 0) is 24.6 Å². The van der Waals surface area contributed by atoms with Crippen LogP contribution < -0.4 is 5.32 Å². The number of esters is 1. The first-order valence-corrected chi connectivity index (χ1v) is 7.91. The molecular weight excluding hydrogens is 390 g/mol. The van der Waals surface area contributed by atoms with Crippen LogP contribution in [0.2, 0.25) is 0 Å². The molecule has 0 fully saturated rings. The van der Waals surface area contributed by atoms with Gasteiger partial charge in [-0.15, -0.1) is 0 Å². The molecule has 0 heterocycles. The highest BCUT2D eigenvalue weighted by molar-refractivity contribution is 9.11. The van der Waals surface area contributed by atoms with Crippen LogP contribution in [0.15, 0.2) is 27.1 Å². The lowest BCUT2D eigenvalue weighted by molar-refractivity contribution is -0.143. The molecule has 1 aromatic carbocycles. The number of carbonyl (C=O) groups is 2. The van der Waals surface area contributed by atoms with Gasteiger partial charge in [0.25, 0.3) is 5.91 Å². The minimum atomic E-state index is -0.606. The Kier molecular flexibility index (Phi) is 7.23. The quantitative estimate of drug-likeness (QED) is 0.733. The van der Waals surface area contributed by atoms with Gasteiger partial charge in [0, 0.05) is 14.5 Å². The van der Waals surface area contributed by atoms with Crippen molar-refractivity contribution in [3.63, 3.8) is 0 Å². The van der Waals surface area contributed by atoms with Gasteiger partial charge in [-0.25, -0.2) is 4.79 Å². The SMILES string of the molecule is CCCC[C@H](NC(=O)c1cc(Br)cc(Br)c1)C(=O)OC. The maximum absolute atomic E-state index is 12.2. The Hall–Kier alpha value is -0.880. The van der Waals surface area contributed by atoms with E-state index in [0.717, 1.165) is 21.8 Å². The highest BCUT2D eigenvalue weighted by atomic mass is 79.9. The summed E-state index contributed by atoms with van der Waals surface area (Å²) in [6.07, 6.45) is 2.37. The molecule has 20 heavy (non-hydrogen) atoms. The topological polar surface area (TPSA) is 55.4 Å². The molecule has 1 rings (SSSR count). The third-order valence-electron chi connectivity index (χ3n) is 2.76. The van der Waals surface area contributed by atoms with E-state index in [1.807, 2.05) is 13.0 Å². The summed E-state index contributed by atoms with van der Waals surface area (Å²) in [5, 5.41) is 2.72. The maximum atomic E-state index is 12.2. The fourth-order valence-electron chi connectivity index (χ4n) is 1.73. The fraction of sp³-hybridized carbons (Fsp3) is 0.429. The van der Waals surface area contributed by atoms with Crippen LogP contribution in [0.5, 0.6) is 0 Å². The van der Waals surface area contributed by atoms with Crippen LogP contribution in [0.25, 0.3) is 0 Å². The molecule has 0 spiro atoms. The second kappa shape index (κ2) is 8.42. The minimum absolute atomic E-state index is 0.293. The van der Waals surface area contributed by atoms with Crippen molar-refractivity contribution in [1.29, 1.82) is 0 Å². The first kappa shape index (κ1) is 17.2. The van der Waals surface area contributed by atoms with E-state index in [-0.39, 0.29) is 5.91 Å². The summed E-state index contributed by atoms with van der Waals surface area (Å²) in [7, 11) is 1.32. The third-order valence-corrected chi connectivity index (χ3v) is 3.68. The Morgan fingerprint density at radius 3 is 2.35 bits per heavy atom. The van der Waals surface area contributed by atoms with Gasteiger partial charge in [-0.2, -0.15) is 0 Å². The molecule has 0 bridgehead atoms. The molecule has 0 aromatic heterocycles. The van der Waals surface area contributed by atoms with Crippen molar-refractivity contribution in [2.24, 2.45) is 0 Å². The van der Waals surface area contributed by atoms with Gasteiger partial charge in [-0.1, -0.05) is 51.6 Å². The third kappa shape index (κ3) is 5.25. The lowest BCUT2D eigenvalue weighted by Gasteiger charge is -2.16. The number of nitrogens with one attached hydrogen (secondary N) is 1. The molecule has 0 unspecified atom stereocenters. The number of hydrogen-bond donors (Lipinski definition) is 1. The molecule has 0 saturated carbocycles. The van der Waals surface area contributed by atoms with Crippen LogP contribution in [0.1, 0.15) is 36.5 Å². The van der Waals surface area contributed by atoms with Crippen LogP contribution in [-0.2, 0) is 9.53 Å². The molecule has 110 valence electrons. The monoisotopic (exact) mass is 405 g/mol. The maximum Gasteiger partial charge on any atom is 0.328 e. The zero-order valence-corrected chi connectivity index (χ0v) is 14.6. The molecule has 4 nitrogen and oxygen atoms in total. The van der Waals surface area contributed by atoms with Crippen molar-refractivity contribution in [2.45, 2.75) is 32.2 Å². The number of carbonyl (C=O) groups excluding carboxylic acids is 2. The molecule has 1 amide bonds. The second-order valence-corrected chi connectivity index (χ2v) is 6.18. The van der Waals surface area contributed by atoms with Crippen molar-refractivity contribution >= 4 is 43.7 Å². The predicted molar refractivity (Wildman–Crippen MR) is 84.6 cm³/mol. The molecule has 1 aromatic rings. The van der Waals surface area contributed by atoms with E-state index in [2.05, 4.69) is 37.2 Å². The lowest BCUT2D eigenvalue weighted by atomic mass is 10.1. The lowest BCUT2D eigenvalue weighted by Crippen LogP contribution is -2.41. The number of methoxy groups -OCH3 is 1. The van der Waals surface area contributed by atoms with E-state index in [1.165, 1.54) is 7.11 Å². The van der Waals surface area contributed by atoms with Crippen LogP contribution >= 0.6 is 31.9 Å². The van der Waals surface area contributed by atoms with Gasteiger partial charge in [0.1, 0.15) is 6.04 Å². The van der Waals surface area contributed by atoms with Gasteiger partial charge < -0.3 is 10.1 Å². The molecule has 1 N–H and O–H groups in total. The largest absolute Gasteiger partial charge is 0.467 e. The van der Waals surface area contributed by atoms with E-state index < -0.39 is 12.0 Å². The Balaban J connectivity index is 2.81. The van der Waals surface area contributed by atoms with E-state index >= 15 is 0 Å². The number of benzene rings is 1. The summed E-state index contributed by atoms with van der Waals surface area (Å²) in [4.78, 5) is 23.8. The summed E-state index contributed by atoms with van der Waals surface area (Å²) in [6, 6.07) is 4.64. The van der Waals surface area contributed by atoms with Crippen molar-refractivity contribution in [2.75, 3.05) is 7.11 Å². The van der Waals surface area contributed by atoms with Crippen LogP contribution in [-0.4, -0.2) is 25.0 Å². The Labute approximate surface area is 135 Å². The van der Waals surface area contributed by atoms with E-state index in [0.29, 0.717) is 12.0 Å². The van der Waals surface area contributed by atoms with Crippen molar-refractivity contribution in [1.82, 2.24) is 5.32 Å². The van der Waals surface area contributed by atoms with Gasteiger partial charge in [0.2, 0.25) is 0 Å². The number of amides is 1. The van der Waals surface area contributed by atoms with Gasteiger partial charge >= 0.3 is 5.97 Å². The van der Waals surface area contributed by atoms with Crippen molar-refractivity contribution in [3.05, 3.63) is 32.7 Å². The van der Waals surface area contributed by atoms with Gasteiger partial charge in [-0.3, -0.25) is 4.79 Å². The molecule has 0 radical (unpaired) electrons. The molecule has 0 aliphatic rings. The summed E-state index contributed by atoms with van der Waals surface area (Å²) >= 11 is 6.66. The molecule has 6 heteroatoms. The minimum Gasteiger partial charge on any atom is -0.467 e. The molecule has 1 atom stereocenters. The average Bonchev–Trinajstić information content (AvgIpc) is 2.41. The van der Waals surface area contributed by atoms with E-state index in [4.69, 9.17) is 4.74 Å². The van der Waals surface area contributed by atoms with E-state index in [1.54, 1.807) is 12.1 Å². The highest BCUT2D eigenvalue weighted by Gasteiger charge is 2.21. The normalized spacial score (nSPS) is 11.8. The Morgan fingerprint density at radius 1 is 1.25 bits per heavy atom. The molecule has 0 saturated heterocycles. The van der Waals surface area contributed by atoms with Crippen LogP contribution in [0, 0.1) is 0 Å². The zero-order chi connectivity index (χ0) is 15.1. The smallest absolute Gasteiger partial charge is 0.328 e. The standard InChI is InChI=1S/C14H17Br2NO3/c1-3-4-5-12(14(19)20-2)17-13(18)9-6-10(15)8-11(16)7-9/h6-8,12H,3-5H2,1-2H3,(H,17,18)/t12-/m0/s1. The first-order valence-electron chi connectivity index (χ1n) is 6.32. The number of rotatable bonds is 6. The summed E-state index contributed by atoms with van der Waals surface area (Å²) in [5.41, 5.74) is 0.483.